The monoisotopic (exact) mass is 345 g/mol. The number of halogens is 1. The highest BCUT2D eigenvalue weighted by molar-refractivity contribution is 6.30. The number of hydrogen-bond acceptors (Lipinski definition) is 3. The van der Waals surface area contributed by atoms with E-state index in [1.165, 1.54) is 0 Å². The topological polar surface area (TPSA) is 48.0 Å². The van der Waals surface area contributed by atoms with Gasteiger partial charge in [0.2, 0.25) is 0 Å². The molecule has 0 fully saturated rings. The Morgan fingerprint density at radius 1 is 0.840 bits per heavy atom. The van der Waals surface area contributed by atoms with Crippen molar-refractivity contribution >= 4 is 28.3 Å². The molecule has 5 aromatic rings. The lowest BCUT2D eigenvalue weighted by Crippen LogP contribution is -1.96. The minimum absolute atomic E-state index is 0.705. The standard InChI is InChI=1S/C19H12ClN5/c20-14-6-8-15(9-7-14)24-10-16(13-4-2-1-3-5-13)17-18(24)22-12-25-19(17)21-11-23-25/h1-12H. The van der Waals surface area contributed by atoms with Crippen molar-refractivity contribution in [3.63, 3.8) is 0 Å². The molecule has 0 amide bonds. The Bertz CT molecular complexity index is 1190. The maximum absolute atomic E-state index is 6.04. The molecule has 0 aliphatic carbocycles. The van der Waals surface area contributed by atoms with Crippen LogP contribution in [0, 0.1) is 0 Å². The van der Waals surface area contributed by atoms with Crippen LogP contribution in [0.2, 0.25) is 5.02 Å². The van der Waals surface area contributed by atoms with E-state index >= 15 is 0 Å². The molecule has 6 heteroatoms. The van der Waals surface area contributed by atoms with Gasteiger partial charge in [0.25, 0.3) is 0 Å². The van der Waals surface area contributed by atoms with Crippen molar-refractivity contribution in [2.24, 2.45) is 0 Å². The summed E-state index contributed by atoms with van der Waals surface area (Å²) in [5, 5.41) is 5.89. The van der Waals surface area contributed by atoms with Gasteiger partial charge in [-0.2, -0.15) is 5.10 Å². The summed E-state index contributed by atoms with van der Waals surface area (Å²) in [6.07, 6.45) is 5.32. The number of nitrogens with zero attached hydrogens (tertiary/aromatic N) is 5. The summed E-state index contributed by atoms with van der Waals surface area (Å²) in [5.74, 6) is 0. The van der Waals surface area contributed by atoms with E-state index in [1.807, 2.05) is 42.5 Å². The molecule has 5 nitrogen and oxygen atoms in total. The third-order valence-corrected chi connectivity index (χ3v) is 4.51. The van der Waals surface area contributed by atoms with Crippen LogP contribution < -0.4 is 0 Å². The molecule has 25 heavy (non-hydrogen) atoms. The van der Waals surface area contributed by atoms with Crippen molar-refractivity contribution in [1.29, 1.82) is 0 Å². The van der Waals surface area contributed by atoms with E-state index in [-0.39, 0.29) is 0 Å². The highest BCUT2D eigenvalue weighted by Crippen LogP contribution is 2.33. The Hall–Kier alpha value is -3.18. The van der Waals surface area contributed by atoms with Crippen LogP contribution in [0.3, 0.4) is 0 Å². The number of rotatable bonds is 2. The molecule has 5 rings (SSSR count). The summed E-state index contributed by atoms with van der Waals surface area (Å²) in [5.41, 5.74) is 4.79. The Morgan fingerprint density at radius 3 is 2.44 bits per heavy atom. The molecule has 0 aliphatic rings. The van der Waals surface area contributed by atoms with Gasteiger partial charge in [-0.25, -0.2) is 14.5 Å². The Labute approximate surface area is 148 Å². The lowest BCUT2D eigenvalue weighted by atomic mass is 10.1. The summed E-state index contributed by atoms with van der Waals surface area (Å²) >= 11 is 6.04. The summed E-state index contributed by atoms with van der Waals surface area (Å²) in [6, 6.07) is 17.9. The van der Waals surface area contributed by atoms with Crippen molar-refractivity contribution in [3.05, 3.63) is 78.5 Å². The second-order valence-electron chi connectivity index (χ2n) is 5.73. The van der Waals surface area contributed by atoms with Gasteiger partial charge in [-0.1, -0.05) is 41.9 Å². The normalized spacial score (nSPS) is 11.4. The zero-order chi connectivity index (χ0) is 16.8. The molecule has 120 valence electrons. The summed E-state index contributed by atoms with van der Waals surface area (Å²) < 4.78 is 3.75. The van der Waals surface area contributed by atoms with Crippen molar-refractivity contribution < 1.29 is 0 Å². The van der Waals surface area contributed by atoms with Crippen LogP contribution in [-0.2, 0) is 0 Å². The molecule has 0 N–H and O–H groups in total. The third-order valence-electron chi connectivity index (χ3n) is 4.25. The zero-order valence-electron chi connectivity index (χ0n) is 13.0. The minimum Gasteiger partial charge on any atom is -0.301 e. The van der Waals surface area contributed by atoms with Gasteiger partial charge in [-0.05, 0) is 29.8 Å². The van der Waals surface area contributed by atoms with E-state index in [0.29, 0.717) is 5.02 Å². The van der Waals surface area contributed by atoms with Crippen LogP contribution in [0.15, 0.2) is 73.4 Å². The van der Waals surface area contributed by atoms with E-state index in [2.05, 4.69) is 38.0 Å². The Kier molecular flexibility index (Phi) is 3.08. The maximum Gasteiger partial charge on any atom is 0.168 e. The molecule has 3 aromatic heterocycles. The summed E-state index contributed by atoms with van der Waals surface area (Å²) in [6.45, 7) is 0. The first-order chi connectivity index (χ1) is 12.3. The lowest BCUT2D eigenvalue weighted by Gasteiger charge is -2.04. The van der Waals surface area contributed by atoms with E-state index in [1.54, 1.807) is 17.2 Å². The molecule has 0 aliphatic heterocycles. The van der Waals surface area contributed by atoms with E-state index in [0.717, 1.165) is 33.5 Å². The predicted molar refractivity (Wildman–Crippen MR) is 98.1 cm³/mol. The number of benzene rings is 2. The molecule has 0 unspecified atom stereocenters. The van der Waals surface area contributed by atoms with Crippen LogP contribution in [0.4, 0.5) is 0 Å². The van der Waals surface area contributed by atoms with Crippen LogP contribution in [0.25, 0.3) is 33.5 Å². The van der Waals surface area contributed by atoms with Crippen LogP contribution in [0.5, 0.6) is 0 Å². The zero-order valence-corrected chi connectivity index (χ0v) is 13.8. The first-order valence-electron chi connectivity index (χ1n) is 7.82. The maximum atomic E-state index is 6.04. The second-order valence-corrected chi connectivity index (χ2v) is 6.16. The second kappa shape index (κ2) is 5.43. The molecule has 2 aromatic carbocycles. The summed E-state index contributed by atoms with van der Waals surface area (Å²) in [7, 11) is 0. The number of fused-ring (bicyclic) bond motifs is 3. The van der Waals surface area contributed by atoms with E-state index in [4.69, 9.17) is 11.6 Å². The van der Waals surface area contributed by atoms with Crippen molar-refractivity contribution in [3.8, 4) is 16.8 Å². The van der Waals surface area contributed by atoms with Gasteiger partial charge in [0, 0.05) is 22.5 Å². The molecule has 3 heterocycles. The van der Waals surface area contributed by atoms with Crippen LogP contribution in [-0.4, -0.2) is 24.1 Å². The van der Waals surface area contributed by atoms with Crippen molar-refractivity contribution in [2.75, 3.05) is 0 Å². The van der Waals surface area contributed by atoms with Crippen molar-refractivity contribution in [2.45, 2.75) is 0 Å². The fraction of sp³-hybridized carbons (Fsp3) is 0. The predicted octanol–water partition coefficient (Wildman–Crippen LogP) is 4.39. The van der Waals surface area contributed by atoms with Crippen LogP contribution >= 0.6 is 11.6 Å². The largest absolute Gasteiger partial charge is 0.301 e. The smallest absolute Gasteiger partial charge is 0.168 e. The van der Waals surface area contributed by atoms with Gasteiger partial charge in [0.15, 0.2) is 11.3 Å². The van der Waals surface area contributed by atoms with E-state index < -0.39 is 0 Å². The SMILES string of the molecule is Clc1ccc(-n2cc(-c3ccccc3)c3c2ncn2ncnc32)cc1. The first kappa shape index (κ1) is 14.2. The average Bonchev–Trinajstić information content (AvgIpc) is 3.27. The van der Waals surface area contributed by atoms with Gasteiger partial charge < -0.3 is 4.57 Å². The lowest BCUT2D eigenvalue weighted by molar-refractivity contribution is 0.926. The van der Waals surface area contributed by atoms with Crippen LogP contribution in [0.1, 0.15) is 0 Å². The van der Waals surface area contributed by atoms with E-state index in [9.17, 15) is 0 Å². The minimum atomic E-state index is 0.705. The Morgan fingerprint density at radius 2 is 1.64 bits per heavy atom. The fourth-order valence-electron chi connectivity index (χ4n) is 3.10. The molecule has 0 saturated heterocycles. The molecule has 0 radical (unpaired) electrons. The van der Waals surface area contributed by atoms with Gasteiger partial charge >= 0.3 is 0 Å². The quantitative estimate of drug-likeness (QED) is 0.477. The summed E-state index contributed by atoms with van der Waals surface area (Å²) in [4.78, 5) is 9.05. The Balaban J connectivity index is 1.89. The molecule has 0 bridgehead atoms. The third kappa shape index (κ3) is 2.21. The molecule has 0 atom stereocenters. The van der Waals surface area contributed by atoms with Gasteiger partial charge in [-0.15, -0.1) is 0 Å². The number of hydrogen-bond donors (Lipinski definition) is 0. The first-order valence-corrected chi connectivity index (χ1v) is 8.20. The van der Waals surface area contributed by atoms with Gasteiger partial charge in [0.05, 0.1) is 5.39 Å². The molecule has 0 spiro atoms. The molecular formula is C19H12ClN5. The highest BCUT2D eigenvalue weighted by atomic mass is 35.5. The highest BCUT2D eigenvalue weighted by Gasteiger charge is 2.17. The van der Waals surface area contributed by atoms with Gasteiger partial charge in [-0.3, -0.25) is 0 Å². The molecule has 0 saturated carbocycles. The number of aromatic nitrogens is 5. The molecular weight excluding hydrogens is 334 g/mol. The van der Waals surface area contributed by atoms with Crippen molar-refractivity contribution in [1.82, 2.24) is 24.1 Å². The fourth-order valence-corrected chi connectivity index (χ4v) is 3.23. The van der Waals surface area contributed by atoms with Gasteiger partial charge in [0.1, 0.15) is 12.7 Å². The average molecular weight is 346 g/mol.